The maximum absolute atomic E-state index is 10.5. The molecule has 1 aromatic carbocycles. The van der Waals surface area contributed by atoms with Crippen molar-refractivity contribution in [2.24, 2.45) is 0 Å². The lowest BCUT2D eigenvalue weighted by Gasteiger charge is -2.02. The first-order valence-corrected chi connectivity index (χ1v) is 7.33. The van der Waals surface area contributed by atoms with Crippen LogP contribution >= 0.6 is 11.8 Å². The van der Waals surface area contributed by atoms with Gasteiger partial charge in [0.25, 0.3) is 10.1 Å². The van der Waals surface area contributed by atoms with E-state index >= 15 is 0 Å². The molecule has 0 fully saturated rings. The van der Waals surface area contributed by atoms with Gasteiger partial charge in [0.05, 0.1) is 12.9 Å². The normalized spacial score (nSPS) is 11.4. The molecule has 0 radical (unpaired) electrons. The van der Waals surface area contributed by atoms with Gasteiger partial charge < -0.3 is 4.74 Å². The molecule has 0 saturated carbocycles. The Morgan fingerprint density at radius 2 is 1.94 bits per heavy atom. The molecule has 6 heteroatoms. The van der Waals surface area contributed by atoms with E-state index in [2.05, 4.69) is 0 Å². The monoisotopic (exact) mass is 262 g/mol. The maximum Gasteiger partial charge on any atom is 0.264 e. The summed E-state index contributed by atoms with van der Waals surface area (Å²) in [6, 6.07) is 7.53. The molecule has 1 rings (SSSR count). The van der Waals surface area contributed by atoms with Gasteiger partial charge in [0, 0.05) is 4.90 Å². The van der Waals surface area contributed by atoms with E-state index in [-0.39, 0.29) is 5.75 Å². The van der Waals surface area contributed by atoms with Crippen LogP contribution in [0.3, 0.4) is 0 Å². The third-order valence-electron chi connectivity index (χ3n) is 1.87. The van der Waals surface area contributed by atoms with Gasteiger partial charge >= 0.3 is 0 Å². The molecular weight excluding hydrogens is 248 g/mol. The van der Waals surface area contributed by atoms with Crippen LogP contribution in [0.2, 0.25) is 0 Å². The van der Waals surface area contributed by atoms with Crippen molar-refractivity contribution in [3.05, 3.63) is 24.3 Å². The van der Waals surface area contributed by atoms with Crippen LogP contribution < -0.4 is 4.74 Å². The van der Waals surface area contributed by atoms with Crippen molar-refractivity contribution in [2.45, 2.75) is 11.3 Å². The first-order chi connectivity index (χ1) is 7.51. The standard InChI is InChI=1S/C10H14O4S2/c1-14-9-3-5-10(6-4-9)15-7-2-8-16(11,12)13/h3-6H,2,7-8H2,1H3,(H,11,12,13). The third-order valence-corrected chi connectivity index (χ3v) is 3.78. The van der Waals surface area contributed by atoms with Gasteiger partial charge in [-0.25, -0.2) is 0 Å². The Hall–Kier alpha value is -0.720. The van der Waals surface area contributed by atoms with E-state index in [9.17, 15) is 8.42 Å². The van der Waals surface area contributed by atoms with Crippen LogP contribution in [0, 0.1) is 0 Å². The second kappa shape index (κ2) is 6.12. The van der Waals surface area contributed by atoms with E-state index in [4.69, 9.17) is 9.29 Å². The predicted octanol–water partition coefficient (Wildman–Crippen LogP) is 2.07. The molecule has 0 aliphatic carbocycles. The number of hydrogen-bond donors (Lipinski definition) is 1. The van der Waals surface area contributed by atoms with Crippen LogP contribution in [-0.2, 0) is 10.1 Å². The van der Waals surface area contributed by atoms with Crippen molar-refractivity contribution in [1.82, 2.24) is 0 Å². The summed E-state index contributed by atoms with van der Waals surface area (Å²) in [7, 11) is -2.22. The number of methoxy groups -OCH3 is 1. The number of ether oxygens (including phenoxy) is 1. The van der Waals surface area contributed by atoms with Crippen molar-refractivity contribution >= 4 is 21.9 Å². The van der Waals surface area contributed by atoms with Crippen molar-refractivity contribution in [3.63, 3.8) is 0 Å². The summed E-state index contributed by atoms with van der Waals surface area (Å²) in [6.07, 6.45) is 0.440. The first-order valence-electron chi connectivity index (χ1n) is 4.73. The quantitative estimate of drug-likeness (QED) is 0.483. The minimum atomic E-state index is -3.82. The van der Waals surface area contributed by atoms with E-state index in [0.717, 1.165) is 10.6 Å². The Labute approximate surface area is 99.8 Å². The third kappa shape index (κ3) is 5.39. The van der Waals surface area contributed by atoms with Crippen molar-refractivity contribution in [2.75, 3.05) is 18.6 Å². The fourth-order valence-electron chi connectivity index (χ4n) is 1.10. The molecule has 0 aromatic heterocycles. The second-order valence-corrected chi connectivity index (χ2v) is 5.90. The molecule has 0 spiro atoms. The minimum absolute atomic E-state index is 0.184. The molecule has 0 amide bonds. The van der Waals surface area contributed by atoms with E-state index in [0.29, 0.717) is 12.2 Å². The highest BCUT2D eigenvalue weighted by atomic mass is 32.2. The topological polar surface area (TPSA) is 63.6 Å². The summed E-state index contributed by atoms with van der Waals surface area (Å²) >= 11 is 1.55. The lowest BCUT2D eigenvalue weighted by Crippen LogP contribution is -2.04. The van der Waals surface area contributed by atoms with Crippen LogP contribution in [0.1, 0.15) is 6.42 Å². The van der Waals surface area contributed by atoms with Crippen LogP contribution in [0.4, 0.5) is 0 Å². The van der Waals surface area contributed by atoms with E-state index in [1.807, 2.05) is 24.3 Å². The molecule has 4 nitrogen and oxygen atoms in total. The zero-order valence-corrected chi connectivity index (χ0v) is 10.6. The molecule has 0 saturated heterocycles. The molecule has 0 aliphatic heterocycles. The molecule has 1 aromatic rings. The zero-order valence-electron chi connectivity index (χ0n) is 8.92. The number of hydrogen-bond acceptors (Lipinski definition) is 4. The molecule has 0 aliphatic rings. The largest absolute Gasteiger partial charge is 0.497 e. The summed E-state index contributed by atoms with van der Waals surface area (Å²) < 4.78 is 34.5. The molecule has 0 bridgehead atoms. The molecule has 90 valence electrons. The van der Waals surface area contributed by atoms with Gasteiger partial charge in [-0.3, -0.25) is 4.55 Å². The lowest BCUT2D eigenvalue weighted by atomic mass is 10.3. The predicted molar refractivity (Wildman–Crippen MR) is 64.8 cm³/mol. The van der Waals surface area contributed by atoms with Crippen molar-refractivity contribution < 1.29 is 17.7 Å². The fourth-order valence-corrected chi connectivity index (χ4v) is 2.65. The SMILES string of the molecule is COc1ccc(SCCCS(=O)(=O)O)cc1. The molecule has 1 N–H and O–H groups in total. The lowest BCUT2D eigenvalue weighted by molar-refractivity contribution is 0.414. The number of thioether (sulfide) groups is 1. The van der Waals surface area contributed by atoms with Gasteiger partial charge in [0.1, 0.15) is 5.75 Å². The zero-order chi connectivity index (χ0) is 12.0. The van der Waals surface area contributed by atoms with Gasteiger partial charge in [-0.05, 0) is 36.4 Å². The summed E-state index contributed by atoms with van der Waals surface area (Å²) in [5.41, 5.74) is 0. The summed E-state index contributed by atoms with van der Waals surface area (Å²) in [4.78, 5) is 1.05. The van der Waals surface area contributed by atoms with Crippen molar-refractivity contribution in [3.8, 4) is 5.75 Å². The Morgan fingerprint density at radius 3 is 2.44 bits per heavy atom. The molecule has 16 heavy (non-hydrogen) atoms. The van der Waals surface area contributed by atoms with Gasteiger partial charge in [0.15, 0.2) is 0 Å². The highest BCUT2D eigenvalue weighted by molar-refractivity contribution is 7.99. The summed E-state index contributed by atoms with van der Waals surface area (Å²) in [5.74, 6) is 1.27. The molecule has 0 unspecified atom stereocenters. The van der Waals surface area contributed by atoms with E-state index < -0.39 is 10.1 Å². The van der Waals surface area contributed by atoms with Crippen LogP contribution in [-0.4, -0.2) is 31.6 Å². The summed E-state index contributed by atoms with van der Waals surface area (Å²) in [6.45, 7) is 0. The average Bonchev–Trinajstić information content (AvgIpc) is 2.24. The number of benzene rings is 1. The van der Waals surface area contributed by atoms with Crippen LogP contribution in [0.25, 0.3) is 0 Å². The van der Waals surface area contributed by atoms with Crippen molar-refractivity contribution in [1.29, 1.82) is 0 Å². The highest BCUT2D eigenvalue weighted by Crippen LogP contribution is 2.21. The van der Waals surface area contributed by atoms with E-state index in [1.165, 1.54) is 0 Å². The van der Waals surface area contributed by atoms with Crippen LogP contribution in [0.15, 0.2) is 29.2 Å². The van der Waals surface area contributed by atoms with Gasteiger partial charge in [-0.2, -0.15) is 8.42 Å². The molecule has 0 heterocycles. The highest BCUT2D eigenvalue weighted by Gasteiger charge is 2.03. The number of rotatable bonds is 6. The van der Waals surface area contributed by atoms with Gasteiger partial charge in [-0.1, -0.05) is 0 Å². The Morgan fingerprint density at radius 1 is 1.31 bits per heavy atom. The Kier molecular flexibility index (Phi) is 5.11. The van der Waals surface area contributed by atoms with Gasteiger partial charge in [-0.15, -0.1) is 11.8 Å². The Bertz CT molecular complexity index is 411. The second-order valence-electron chi connectivity index (χ2n) is 3.16. The smallest absolute Gasteiger partial charge is 0.264 e. The van der Waals surface area contributed by atoms with E-state index in [1.54, 1.807) is 18.9 Å². The molecular formula is C10H14O4S2. The summed E-state index contributed by atoms with van der Waals surface area (Å²) in [5, 5.41) is 0. The first kappa shape index (κ1) is 13.3. The fraction of sp³-hybridized carbons (Fsp3) is 0.400. The average molecular weight is 262 g/mol. The minimum Gasteiger partial charge on any atom is -0.497 e. The maximum atomic E-state index is 10.5. The Balaban J connectivity index is 2.32. The molecule has 0 atom stereocenters. The van der Waals surface area contributed by atoms with Gasteiger partial charge in [0.2, 0.25) is 0 Å². The van der Waals surface area contributed by atoms with Crippen LogP contribution in [0.5, 0.6) is 5.75 Å².